The van der Waals surface area contributed by atoms with Crippen molar-refractivity contribution in [2.24, 2.45) is 0 Å². The molecule has 0 aromatic carbocycles. The predicted octanol–water partition coefficient (Wildman–Crippen LogP) is 2.18. The second-order valence-electron chi connectivity index (χ2n) is 5.18. The second kappa shape index (κ2) is 6.45. The van der Waals surface area contributed by atoms with E-state index in [4.69, 9.17) is 0 Å². The zero-order valence-corrected chi connectivity index (χ0v) is 14.1. The summed E-state index contributed by atoms with van der Waals surface area (Å²) in [5.74, 6) is 1.62. The summed E-state index contributed by atoms with van der Waals surface area (Å²) in [6, 6.07) is 1.88. The first kappa shape index (κ1) is 15.6. The van der Waals surface area contributed by atoms with Crippen LogP contribution < -0.4 is 9.80 Å². The summed E-state index contributed by atoms with van der Waals surface area (Å²) >= 11 is 3.38. The lowest BCUT2D eigenvalue weighted by Crippen LogP contribution is -2.47. The van der Waals surface area contributed by atoms with E-state index in [1.54, 1.807) is 12.4 Å². The Labute approximate surface area is 141 Å². The Bertz CT molecular complexity index is 733. The summed E-state index contributed by atoms with van der Waals surface area (Å²) in [6.45, 7) is 4.68. The number of pyridine rings is 1. The first-order chi connectivity index (χ1) is 11.1. The third kappa shape index (κ3) is 3.24. The fourth-order valence-corrected chi connectivity index (χ4v) is 3.22. The summed E-state index contributed by atoms with van der Waals surface area (Å²) in [5.41, 5.74) is 0.606. The van der Waals surface area contributed by atoms with E-state index in [0.29, 0.717) is 23.2 Å². The molecule has 1 aliphatic rings. The van der Waals surface area contributed by atoms with Crippen LogP contribution in [0.2, 0.25) is 0 Å². The monoisotopic (exact) mass is 378 g/mol. The minimum atomic E-state index is -0.396. The molecule has 0 saturated carbocycles. The van der Waals surface area contributed by atoms with Crippen molar-refractivity contribution < 1.29 is 4.92 Å². The van der Waals surface area contributed by atoms with Gasteiger partial charge in [0.15, 0.2) is 0 Å². The maximum absolute atomic E-state index is 11.2. The summed E-state index contributed by atoms with van der Waals surface area (Å²) in [5, 5.41) is 11.2. The van der Waals surface area contributed by atoms with Gasteiger partial charge < -0.3 is 9.80 Å². The average molecular weight is 379 g/mol. The number of halogens is 1. The van der Waals surface area contributed by atoms with Gasteiger partial charge in [0.1, 0.15) is 23.5 Å². The van der Waals surface area contributed by atoms with Crippen LogP contribution in [0.15, 0.2) is 29.1 Å². The van der Waals surface area contributed by atoms with Crippen LogP contribution in [0.5, 0.6) is 0 Å². The van der Waals surface area contributed by atoms with Crippen molar-refractivity contribution in [2.75, 3.05) is 36.0 Å². The zero-order valence-electron chi connectivity index (χ0n) is 12.5. The van der Waals surface area contributed by atoms with Crippen LogP contribution >= 0.6 is 15.9 Å². The minimum Gasteiger partial charge on any atom is -0.361 e. The highest BCUT2D eigenvalue weighted by molar-refractivity contribution is 9.10. The fraction of sp³-hybridized carbons (Fsp3) is 0.357. The van der Waals surface area contributed by atoms with Crippen molar-refractivity contribution in [3.05, 3.63) is 45.1 Å². The molecule has 0 atom stereocenters. The predicted molar refractivity (Wildman–Crippen MR) is 89.8 cm³/mol. The Morgan fingerprint density at radius 3 is 2.57 bits per heavy atom. The second-order valence-corrected chi connectivity index (χ2v) is 6.04. The number of nitro groups is 1. The van der Waals surface area contributed by atoms with Crippen molar-refractivity contribution in [3.63, 3.8) is 0 Å². The number of rotatable bonds is 3. The summed E-state index contributed by atoms with van der Waals surface area (Å²) < 4.78 is 0.637. The van der Waals surface area contributed by atoms with Gasteiger partial charge in [0.25, 0.3) is 0 Å². The number of hydrogen-bond acceptors (Lipinski definition) is 7. The highest BCUT2D eigenvalue weighted by atomic mass is 79.9. The largest absolute Gasteiger partial charge is 0.361 e. The number of aryl methyl sites for hydroxylation is 1. The number of piperazine rings is 1. The van der Waals surface area contributed by atoms with Crippen molar-refractivity contribution in [3.8, 4) is 0 Å². The molecule has 0 amide bonds. The highest BCUT2D eigenvalue weighted by Crippen LogP contribution is 2.35. The lowest BCUT2D eigenvalue weighted by molar-refractivity contribution is -0.384. The Hall–Kier alpha value is -2.29. The van der Waals surface area contributed by atoms with Gasteiger partial charge in [-0.2, -0.15) is 0 Å². The summed E-state index contributed by atoms with van der Waals surface area (Å²) in [6.07, 6.45) is 4.62. The van der Waals surface area contributed by atoms with Crippen LogP contribution in [-0.4, -0.2) is 46.1 Å². The van der Waals surface area contributed by atoms with E-state index in [9.17, 15) is 10.1 Å². The molecule has 1 fully saturated rings. The van der Waals surface area contributed by atoms with Crippen LogP contribution in [0.1, 0.15) is 5.82 Å². The fourth-order valence-electron chi connectivity index (χ4n) is 2.64. The molecule has 9 heteroatoms. The molecule has 3 heterocycles. The van der Waals surface area contributed by atoms with E-state index in [2.05, 4.69) is 35.8 Å². The molecule has 120 valence electrons. The lowest BCUT2D eigenvalue weighted by atomic mass is 10.2. The molecule has 3 rings (SSSR count). The molecule has 0 N–H and O–H groups in total. The summed E-state index contributed by atoms with van der Waals surface area (Å²) in [7, 11) is 0. The Kier molecular flexibility index (Phi) is 4.37. The molecular weight excluding hydrogens is 364 g/mol. The van der Waals surface area contributed by atoms with Crippen LogP contribution in [0.3, 0.4) is 0 Å². The van der Waals surface area contributed by atoms with Gasteiger partial charge in [0, 0.05) is 38.6 Å². The van der Waals surface area contributed by atoms with E-state index in [1.165, 1.54) is 6.20 Å². The molecule has 0 spiro atoms. The van der Waals surface area contributed by atoms with Gasteiger partial charge in [-0.15, -0.1) is 0 Å². The van der Waals surface area contributed by atoms with E-state index in [0.717, 1.165) is 24.7 Å². The third-order valence-electron chi connectivity index (χ3n) is 3.73. The van der Waals surface area contributed by atoms with E-state index in [1.807, 2.05) is 17.9 Å². The Morgan fingerprint density at radius 2 is 1.91 bits per heavy atom. The van der Waals surface area contributed by atoms with Gasteiger partial charge >= 0.3 is 5.69 Å². The van der Waals surface area contributed by atoms with Gasteiger partial charge in [0.2, 0.25) is 0 Å². The normalized spacial score (nSPS) is 14.9. The smallest absolute Gasteiger partial charge is 0.311 e. The molecule has 0 radical (unpaired) electrons. The number of anilines is 2. The molecule has 2 aromatic heterocycles. The Balaban J connectivity index is 1.79. The molecule has 1 aliphatic heterocycles. The lowest BCUT2D eigenvalue weighted by Gasteiger charge is -2.36. The van der Waals surface area contributed by atoms with Crippen molar-refractivity contribution in [1.82, 2.24) is 15.0 Å². The van der Waals surface area contributed by atoms with Crippen molar-refractivity contribution in [2.45, 2.75) is 6.92 Å². The molecule has 0 bridgehead atoms. The number of nitrogens with zero attached hydrogens (tertiary/aromatic N) is 6. The zero-order chi connectivity index (χ0) is 16.4. The van der Waals surface area contributed by atoms with Crippen molar-refractivity contribution >= 4 is 33.1 Å². The third-order valence-corrected chi connectivity index (χ3v) is 4.31. The molecule has 1 saturated heterocycles. The number of hydrogen-bond donors (Lipinski definition) is 0. The van der Waals surface area contributed by atoms with Crippen LogP contribution in [0.4, 0.5) is 17.2 Å². The van der Waals surface area contributed by atoms with Gasteiger partial charge in [-0.25, -0.2) is 9.97 Å². The first-order valence-corrected chi connectivity index (χ1v) is 7.93. The first-order valence-electron chi connectivity index (χ1n) is 7.13. The Morgan fingerprint density at radius 1 is 1.22 bits per heavy atom. The van der Waals surface area contributed by atoms with E-state index in [-0.39, 0.29) is 5.69 Å². The van der Waals surface area contributed by atoms with Crippen molar-refractivity contribution in [1.29, 1.82) is 0 Å². The SMILES string of the molecule is Cc1nccc(N2CCN(c3c(Br)cncc3[N+](=O)[O-])CC2)n1. The van der Waals surface area contributed by atoms with Crippen LogP contribution in [0, 0.1) is 17.0 Å². The number of aromatic nitrogens is 3. The molecule has 0 unspecified atom stereocenters. The maximum Gasteiger partial charge on any atom is 0.311 e. The van der Waals surface area contributed by atoms with Gasteiger partial charge in [-0.1, -0.05) is 0 Å². The average Bonchev–Trinajstić information content (AvgIpc) is 2.55. The van der Waals surface area contributed by atoms with Crippen LogP contribution in [-0.2, 0) is 0 Å². The molecule has 23 heavy (non-hydrogen) atoms. The summed E-state index contributed by atoms with van der Waals surface area (Å²) in [4.78, 5) is 27.4. The quantitative estimate of drug-likeness (QED) is 0.597. The standard InChI is InChI=1S/C14H15BrN6O2/c1-10-17-3-2-13(18-10)19-4-6-20(7-5-19)14-11(15)8-16-9-12(14)21(22)23/h2-3,8-9H,4-7H2,1H3. The molecular formula is C14H15BrN6O2. The molecule has 2 aromatic rings. The van der Waals surface area contributed by atoms with Gasteiger partial charge in [-0.05, 0) is 28.9 Å². The van der Waals surface area contributed by atoms with Gasteiger partial charge in [0.05, 0.1) is 9.40 Å². The molecule has 0 aliphatic carbocycles. The van der Waals surface area contributed by atoms with E-state index < -0.39 is 4.92 Å². The molecule has 8 nitrogen and oxygen atoms in total. The van der Waals surface area contributed by atoms with E-state index >= 15 is 0 Å². The van der Waals surface area contributed by atoms with Gasteiger partial charge in [-0.3, -0.25) is 15.1 Å². The van der Waals surface area contributed by atoms with Crippen LogP contribution in [0.25, 0.3) is 0 Å². The highest BCUT2D eigenvalue weighted by Gasteiger charge is 2.26. The minimum absolute atomic E-state index is 0.0192. The topological polar surface area (TPSA) is 88.3 Å². The maximum atomic E-state index is 11.2.